The molecule has 0 spiro atoms. The molecule has 1 heterocycles. The predicted molar refractivity (Wildman–Crippen MR) is 87.8 cm³/mol. The van der Waals surface area contributed by atoms with Gasteiger partial charge in [0.15, 0.2) is 0 Å². The Morgan fingerprint density at radius 3 is 2.67 bits per heavy atom. The Balaban J connectivity index is 1.79. The van der Waals surface area contributed by atoms with Crippen molar-refractivity contribution in [3.05, 3.63) is 29.3 Å². The summed E-state index contributed by atoms with van der Waals surface area (Å²) >= 11 is 0. The molecule has 1 fully saturated rings. The van der Waals surface area contributed by atoms with Crippen LogP contribution in [0.3, 0.4) is 0 Å². The fourth-order valence-electron chi connectivity index (χ4n) is 4.00. The highest BCUT2D eigenvalue weighted by molar-refractivity contribution is 5.41. The topological polar surface area (TPSA) is 21.3 Å². The molecule has 2 heteroatoms. The lowest BCUT2D eigenvalue weighted by Crippen LogP contribution is -2.38. The van der Waals surface area contributed by atoms with Gasteiger partial charge in [0.1, 0.15) is 11.9 Å². The maximum atomic E-state index is 6.40. The van der Waals surface area contributed by atoms with Crippen molar-refractivity contribution in [3.8, 4) is 5.75 Å². The Labute approximate surface area is 129 Å². The zero-order chi connectivity index (χ0) is 14.8. The van der Waals surface area contributed by atoms with Crippen molar-refractivity contribution < 1.29 is 4.74 Å². The number of hydrogen-bond acceptors (Lipinski definition) is 2. The normalized spacial score (nSPS) is 32.3. The molecule has 1 N–H and O–H groups in total. The number of rotatable bonds is 3. The van der Waals surface area contributed by atoms with E-state index in [1.807, 2.05) is 0 Å². The van der Waals surface area contributed by atoms with Crippen molar-refractivity contribution >= 4 is 0 Å². The molecule has 21 heavy (non-hydrogen) atoms. The molecule has 0 radical (unpaired) electrons. The fraction of sp³-hybridized carbons (Fsp3) is 0.684. The van der Waals surface area contributed by atoms with E-state index in [1.54, 1.807) is 0 Å². The average Bonchev–Trinajstić information content (AvgIpc) is 2.48. The van der Waals surface area contributed by atoms with Gasteiger partial charge in [0.25, 0.3) is 0 Å². The highest BCUT2D eigenvalue weighted by Crippen LogP contribution is 2.41. The Bertz CT molecular complexity index is 476. The van der Waals surface area contributed by atoms with Gasteiger partial charge in [0.05, 0.1) is 0 Å². The number of benzene rings is 1. The first kappa shape index (κ1) is 14.9. The first-order chi connectivity index (χ1) is 10.2. The number of aryl methyl sites for hydroxylation is 1. The molecule has 2 unspecified atom stereocenters. The van der Waals surface area contributed by atoms with Crippen LogP contribution in [0.1, 0.15) is 63.1 Å². The molecule has 0 bridgehead atoms. The van der Waals surface area contributed by atoms with E-state index in [9.17, 15) is 0 Å². The molecule has 2 atom stereocenters. The van der Waals surface area contributed by atoms with E-state index >= 15 is 0 Å². The van der Waals surface area contributed by atoms with Crippen LogP contribution >= 0.6 is 0 Å². The van der Waals surface area contributed by atoms with E-state index in [0.29, 0.717) is 12.1 Å². The Morgan fingerprint density at radius 1 is 1.19 bits per heavy atom. The highest BCUT2D eigenvalue weighted by atomic mass is 16.5. The minimum absolute atomic E-state index is 0.400. The lowest BCUT2D eigenvalue weighted by Gasteiger charge is -2.39. The van der Waals surface area contributed by atoms with Gasteiger partial charge in [-0.15, -0.1) is 0 Å². The molecular weight excluding hydrogens is 258 g/mol. The molecule has 0 saturated heterocycles. The minimum atomic E-state index is 0.400. The molecule has 3 rings (SSSR count). The number of hydrogen-bond donors (Lipinski definition) is 1. The van der Waals surface area contributed by atoms with Crippen molar-refractivity contribution in [2.24, 2.45) is 11.8 Å². The molecule has 1 aromatic rings. The van der Waals surface area contributed by atoms with Crippen LogP contribution in [0.25, 0.3) is 0 Å². The molecule has 116 valence electrons. The molecule has 0 amide bonds. The van der Waals surface area contributed by atoms with Crippen molar-refractivity contribution in [2.45, 2.75) is 65.0 Å². The second-order valence-corrected chi connectivity index (χ2v) is 7.06. The molecule has 1 aliphatic heterocycles. The second kappa shape index (κ2) is 6.39. The van der Waals surface area contributed by atoms with Crippen LogP contribution in [0.4, 0.5) is 0 Å². The van der Waals surface area contributed by atoms with E-state index < -0.39 is 0 Å². The minimum Gasteiger partial charge on any atom is -0.490 e. The summed E-state index contributed by atoms with van der Waals surface area (Å²) in [7, 11) is 0. The number of fused-ring (bicyclic) bond motifs is 1. The number of nitrogens with one attached hydrogen (secondary N) is 1. The van der Waals surface area contributed by atoms with Crippen molar-refractivity contribution in [3.63, 3.8) is 0 Å². The van der Waals surface area contributed by atoms with E-state index in [-0.39, 0.29) is 0 Å². The zero-order valence-electron chi connectivity index (χ0n) is 13.7. The molecule has 2 aliphatic rings. The maximum Gasteiger partial charge on any atom is 0.124 e. The van der Waals surface area contributed by atoms with Gasteiger partial charge in [-0.1, -0.05) is 44.4 Å². The quantitative estimate of drug-likeness (QED) is 0.875. The van der Waals surface area contributed by atoms with Gasteiger partial charge >= 0.3 is 0 Å². The summed E-state index contributed by atoms with van der Waals surface area (Å²) in [5.74, 6) is 2.77. The Hall–Kier alpha value is -1.02. The molecule has 1 aromatic carbocycles. The van der Waals surface area contributed by atoms with Gasteiger partial charge < -0.3 is 10.1 Å². The Morgan fingerprint density at radius 2 is 1.95 bits per heavy atom. The monoisotopic (exact) mass is 287 g/mol. The molecule has 2 nitrogen and oxygen atoms in total. The van der Waals surface area contributed by atoms with Gasteiger partial charge in [-0.25, -0.2) is 0 Å². The summed E-state index contributed by atoms with van der Waals surface area (Å²) in [5.41, 5.74) is 2.68. The van der Waals surface area contributed by atoms with Crippen LogP contribution in [0.15, 0.2) is 18.2 Å². The van der Waals surface area contributed by atoms with Gasteiger partial charge in [0.2, 0.25) is 0 Å². The smallest absolute Gasteiger partial charge is 0.124 e. The van der Waals surface area contributed by atoms with Crippen LogP contribution in [-0.4, -0.2) is 12.6 Å². The van der Waals surface area contributed by atoms with E-state index in [4.69, 9.17) is 4.74 Å². The summed E-state index contributed by atoms with van der Waals surface area (Å²) in [6.07, 6.45) is 6.95. The first-order valence-corrected chi connectivity index (χ1v) is 8.68. The zero-order valence-corrected chi connectivity index (χ0v) is 13.7. The SMILES string of the molecule is CCNC1CC(C2CCC(C)CC2)Oc2ccc(C)cc21. The van der Waals surface area contributed by atoms with Crippen LogP contribution in [0.2, 0.25) is 0 Å². The third kappa shape index (κ3) is 3.26. The van der Waals surface area contributed by atoms with E-state index in [0.717, 1.165) is 30.6 Å². The van der Waals surface area contributed by atoms with Crippen LogP contribution in [0, 0.1) is 18.8 Å². The third-order valence-corrected chi connectivity index (χ3v) is 5.32. The largest absolute Gasteiger partial charge is 0.490 e. The van der Waals surface area contributed by atoms with Gasteiger partial charge in [-0.2, -0.15) is 0 Å². The summed E-state index contributed by atoms with van der Waals surface area (Å²) in [6, 6.07) is 7.10. The number of ether oxygens (including phenoxy) is 1. The van der Waals surface area contributed by atoms with Crippen molar-refractivity contribution in [1.82, 2.24) is 5.32 Å². The maximum absolute atomic E-state index is 6.40. The Kier molecular flexibility index (Phi) is 4.54. The summed E-state index contributed by atoms with van der Waals surface area (Å²) in [6.45, 7) is 7.77. The van der Waals surface area contributed by atoms with Gasteiger partial charge in [-0.05, 0) is 44.2 Å². The van der Waals surface area contributed by atoms with E-state index in [1.165, 1.54) is 36.8 Å². The molecule has 1 saturated carbocycles. The van der Waals surface area contributed by atoms with Gasteiger partial charge in [0, 0.05) is 18.0 Å². The van der Waals surface area contributed by atoms with Crippen LogP contribution in [0.5, 0.6) is 5.75 Å². The predicted octanol–water partition coefficient (Wildman–Crippen LogP) is 4.62. The highest BCUT2D eigenvalue weighted by Gasteiger charge is 2.34. The van der Waals surface area contributed by atoms with Crippen molar-refractivity contribution in [1.29, 1.82) is 0 Å². The summed E-state index contributed by atoms with van der Waals surface area (Å²) in [4.78, 5) is 0. The fourth-order valence-corrected chi connectivity index (χ4v) is 4.00. The van der Waals surface area contributed by atoms with Crippen LogP contribution in [-0.2, 0) is 0 Å². The molecular formula is C19H29NO. The average molecular weight is 287 g/mol. The second-order valence-electron chi connectivity index (χ2n) is 7.06. The third-order valence-electron chi connectivity index (χ3n) is 5.32. The lowest BCUT2D eigenvalue weighted by molar-refractivity contribution is 0.0654. The van der Waals surface area contributed by atoms with Crippen LogP contribution < -0.4 is 10.1 Å². The first-order valence-electron chi connectivity index (χ1n) is 8.68. The summed E-state index contributed by atoms with van der Waals surface area (Å²) in [5, 5.41) is 3.67. The standard InChI is InChI=1S/C19H29NO/c1-4-20-17-12-19(15-8-5-13(2)6-9-15)21-18-10-7-14(3)11-16(17)18/h7,10-11,13,15,17,19-20H,4-6,8-9,12H2,1-3H3. The summed E-state index contributed by atoms with van der Waals surface area (Å²) < 4.78 is 6.40. The van der Waals surface area contributed by atoms with Crippen molar-refractivity contribution in [2.75, 3.05) is 6.54 Å². The van der Waals surface area contributed by atoms with E-state index in [2.05, 4.69) is 44.3 Å². The van der Waals surface area contributed by atoms with Gasteiger partial charge in [-0.3, -0.25) is 0 Å². The molecule has 1 aliphatic carbocycles. The lowest BCUT2D eigenvalue weighted by atomic mass is 9.77. The molecule has 0 aromatic heterocycles.